The van der Waals surface area contributed by atoms with E-state index < -0.39 is 12.0 Å². The van der Waals surface area contributed by atoms with E-state index in [0.717, 1.165) is 12.8 Å². The SMILES string of the molecule is CC1(C)CCCN(CC(=O)N2CCOCC2)C1C(=O)O. The predicted octanol–water partition coefficient (Wildman–Crippen LogP) is 0.420. The van der Waals surface area contributed by atoms with E-state index in [1.165, 1.54) is 0 Å². The van der Waals surface area contributed by atoms with E-state index in [2.05, 4.69) is 0 Å². The Kier molecular flexibility index (Phi) is 4.65. The second-order valence-corrected chi connectivity index (χ2v) is 6.30. The smallest absolute Gasteiger partial charge is 0.321 e. The second-order valence-electron chi connectivity index (χ2n) is 6.30. The molecule has 2 rings (SSSR count). The van der Waals surface area contributed by atoms with Crippen LogP contribution in [0.25, 0.3) is 0 Å². The number of hydrogen-bond acceptors (Lipinski definition) is 4. The largest absolute Gasteiger partial charge is 0.480 e. The van der Waals surface area contributed by atoms with Crippen molar-refractivity contribution in [2.45, 2.75) is 32.7 Å². The fourth-order valence-corrected chi connectivity index (χ4v) is 3.25. The van der Waals surface area contributed by atoms with Crippen molar-refractivity contribution < 1.29 is 19.4 Å². The van der Waals surface area contributed by atoms with Gasteiger partial charge in [0.05, 0.1) is 19.8 Å². The van der Waals surface area contributed by atoms with Crippen molar-refractivity contribution >= 4 is 11.9 Å². The van der Waals surface area contributed by atoms with Crippen molar-refractivity contribution in [3.05, 3.63) is 0 Å². The van der Waals surface area contributed by atoms with Gasteiger partial charge in [0, 0.05) is 13.1 Å². The number of piperidine rings is 1. The lowest BCUT2D eigenvalue weighted by molar-refractivity contribution is -0.153. The third-order valence-electron chi connectivity index (χ3n) is 4.31. The Morgan fingerprint density at radius 2 is 1.90 bits per heavy atom. The summed E-state index contributed by atoms with van der Waals surface area (Å²) in [6, 6.07) is -0.582. The normalized spacial score (nSPS) is 27.3. The Hall–Kier alpha value is -1.14. The van der Waals surface area contributed by atoms with Gasteiger partial charge < -0.3 is 14.7 Å². The van der Waals surface area contributed by atoms with Gasteiger partial charge >= 0.3 is 5.97 Å². The van der Waals surface area contributed by atoms with E-state index in [0.29, 0.717) is 32.8 Å². The fraction of sp³-hybridized carbons (Fsp3) is 0.857. The first-order valence-electron chi connectivity index (χ1n) is 7.24. The highest BCUT2D eigenvalue weighted by Gasteiger charge is 2.43. The summed E-state index contributed by atoms with van der Waals surface area (Å²) in [5.74, 6) is -0.818. The lowest BCUT2D eigenvalue weighted by atomic mass is 9.76. The van der Waals surface area contributed by atoms with E-state index >= 15 is 0 Å². The molecule has 1 N–H and O–H groups in total. The van der Waals surface area contributed by atoms with Crippen LogP contribution in [0.15, 0.2) is 0 Å². The van der Waals surface area contributed by atoms with Crippen molar-refractivity contribution in [3.8, 4) is 0 Å². The van der Waals surface area contributed by atoms with E-state index in [4.69, 9.17) is 4.74 Å². The molecular weight excluding hydrogens is 260 g/mol. The quantitative estimate of drug-likeness (QED) is 0.813. The first kappa shape index (κ1) is 15.3. The zero-order valence-electron chi connectivity index (χ0n) is 12.3. The Bertz CT molecular complexity index is 377. The van der Waals surface area contributed by atoms with Gasteiger partial charge in [-0.25, -0.2) is 0 Å². The van der Waals surface area contributed by atoms with Gasteiger partial charge in [0.25, 0.3) is 0 Å². The number of carboxylic acid groups (broad SMARTS) is 1. The average molecular weight is 284 g/mol. The molecule has 0 bridgehead atoms. The molecule has 0 spiro atoms. The summed E-state index contributed by atoms with van der Waals surface area (Å²) in [4.78, 5) is 27.4. The third kappa shape index (κ3) is 3.30. The lowest BCUT2D eigenvalue weighted by Gasteiger charge is -2.44. The highest BCUT2D eigenvalue weighted by Crippen LogP contribution is 2.35. The van der Waals surface area contributed by atoms with Gasteiger partial charge in [-0.05, 0) is 24.8 Å². The van der Waals surface area contributed by atoms with E-state index in [1.54, 1.807) is 4.90 Å². The molecule has 0 aromatic rings. The van der Waals surface area contributed by atoms with Crippen molar-refractivity contribution in [1.29, 1.82) is 0 Å². The van der Waals surface area contributed by atoms with Crippen molar-refractivity contribution in [1.82, 2.24) is 9.80 Å². The Balaban J connectivity index is 2.02. The summed E-state index contributed by atoms with van der Waals surface area (Å²) in [6.07, 6.45) is 1.82. The number of nitrogens with zero attached hydrogens (tertiary/aromatic N) is 2. The van der Waals surface area contributed by atoms with E-state index in [1.807, 2.05) is 18.7 Å². The number of morpholine rings is 1. The Morgan fingerprint density at radius 1 is 1.25 bits per heavy atom. The summed E-state index contributed by atoms with van der Waals surface area (Å²) in [6.45, 7) is 7.16. The molecule has 1 atom stereocenters. The van der Waals surface area contributed by atoms with Crippen molar-refractivity contribution in [2.24, 2.45) is 5.41 Å². The number of carboxylic acids is 1. The number of amides is 1. The van der Waals surface area contributed by atoms with Crippen LogP contribution in [0, 0.1) is 5.41 Å². The Labute approximate surface area is 119 Å². The van der Waals surface area contributed by atoms with E-state index in [-0.39, 0.29) is 17.9 Å². The van der Waals surface area contributed by atoms with Crippen LogP contribution in [-0.4, -0.2) is 72.2 Å². The zero-order valence-corrected chi connectivity index (χ0v) is 12.3. The minimum Gasteiger partial charge on any atom is -0.480 e. The molecule has 2 heterocycles. The molecule has 0 aliphatic carbocycles. The molecule has 6 nitrogen and oxygen atoms in total. The maximum atomic E-state index is 12.3. The molecule has 1 amide bonds. The minimum absolute atomic E-state index is 0.0113. The highest BCUT2D eigenvalue weighted by atomic mass is 16.5. The number of carbonyl (C=O) groups excluding carboxylic acids is 1. The van der Waals surface area contributed by atoms with Gasteiger partial charge in [-0.2, -0.15) is 0 Å². The standard InChI is InChI=1S/C14H24N2O4/c1-14(2)4-3-5-16(12(14)13(18)19)10-11(17)15-6-8-20-9-7-15/h12H,3-10H2,1-2H3,(H,18,19). The third-order valence-corrected chi connectivity index (χ3v) is 4.31. The maximum absolute atomic E-state index is 12.3. The molecule has 114 valence electrons. The van der Waals surface area contributed by atoms with Crippen LogP contribution in [0.1, 0.15) is 26.7 Å². The molecule has 2 aliphatic rings. The van der Waals surface area contributed by atoms with Crippen molar-refractivity contribution in [3.63, 3.8) is 0 Å². The molecule has 0 saturated carbocycles. The summed E-state index contributed by atoms with van der Waals surface area (Å²) in [7, 11) is 0. The van der Waals surface area contributed by atoms with Crippen LogP contribution in [0.5, 0.6) is 0 Å². The first-order chi connectivity index (χ1) is 9.42. The molecule has 6 heteroatoms. The number of rotatable bonds is 3. The second kappa shape index (κ2) is 6.10. The minimum atomic E-state index is -0.829. The number of aliphatic carboxylic acids is 1. The average Bonchev–Trinajstić information content (AvgIpc) is 2.38. The fourth-order valence-electron chi connectivity index (χ4n) is 3.25. The molecule has 2 aliphatic heterocycles. The van der Waals surface area contributed by atoms with Gasteiger partial charge in [-0.3, -0.25) is 14.5 Å². The molecule has 2 saturated heterocycles. The molecule has 0 radical (unpaired) electrons. The molecule has 2 fully saturated rings. The summed E-state index contributed by atoms with van der Waals surface area (Å²) in [5.41, 5.74) is -0.296. The van der Waals surface area contributed by atoms with Crippen LogP contribution in [-0.2, 0) is 14.3 Å². The lowest BCUT2D eigenvalue weighted by Crippen LogP contribution is -2.57. The Morgan fingerprint density at radius 3 is 2.50 bits per heavy atom. The van der Waals surface area contributed by atoms with Crippen LogP contribution >= 0.6 is 0 Å². The molecule has 0 aromatic heterocycles. The molecular formula is C14H24N2O4. The van der Waals surface area contributed by atoms with Crippen LogP contribution in [0.4, 0.5) is 0 Å². The monoisotopic (exact) mass is 284 g/mol. The van der Waals surface area contributed by atoms with Gasteiger partial charge in [-0.1, -0.05) is 13.8 Å². The molecule has 1 unspecified atom stereocenters. The van der Waals surface area contributed by atoms with Gasteiger partial charge in [0.15, 0.2) is 0 Å². The zero-order chi connectivity index (χ0) is 14.8. The first-order valence-corrected chi connectivity index (χ1v) is 7.24. The van der Waals surface area contributed by atoms with E-state index in [9.17, 15) is 14.7 Å². The highest BCUT2D eigenvalue weighted by molar-refractivity contribution is 5.80. The topological polar surface area (TPSA) is 70.1 Å². The van der Waals surface area contributed by atoms with Gasteiger partial charge in [0.1, 0.15) is 6.04 Å². The number of hydrogen-bond donors (Lipinski definition) is 1. The number of likely N-dealkylation sites (tertiary alicyclic amines) is 1. The summed E-state index contributed by atoms with van der Waals surface area (Å²) in [5, 5.41) is 9.48. The summed E-state index contributed by atoms with van der Waals surface area (Å²) >= 11 is 0. The molecule has 20 heavy (non-hydrogen) atoms. The predicted molar refractivity (Wildman–Crippen MR) is 73.4 cm³/mol. The number of ether oxygens (including phenoxy) is 1. The van der Waals surface area contributed by atoms with Crippen LogP contribution < -0.4 is 0 Å². The van der Waals surface area contributed by atoms with Crippen LogP contribution in [0.2, 0.25) is 0 Å². The van der Waals surface area contributed by atoms with Gasteiger partial charge in [0.2, 0.25) is 5.91 Å². The van der Waals surface area contributed by atoms with Gasteiger partial charge in [-0.15, -0.1) is 0 Å². The maximum Gasteiger partial charge on any atom is 0.321 e. The van der Waals surface area contributed by atoms with Crippen LogP contribution in [0.3, 0.4) is 0 Å². The summed E-state index contributed by atoms with van der Waals surface area (Å²) < 4.78 is 5.23. The van der Waals surface area contributed by atoms with Crippen molar-refractivity contribution in [2.75, 3.05) is 39.4 Å². The number of carbonyl (C=O) groups is 2. The molecule has 0 aromatic carbocycles.